The molecule has 1 fully saturated rings. The summed E-state index contributed by atoms with van der Waals surface area (Å²) in [6.45, 7) is 7.77. The molecule has 0 radical (unpaired) electrons. The number of rotatable bonds is 7. The molecule has 1 aliphatic rings. The van der Waals surface area contributed by atoms with Crippen molar-refractivity contribution in [1.29, 1.82) is 0 Å². The average Bonchev–Trinajstić information content (AvgIpc) is 2.44. The summed E-state index contributed by atoms with van der Waals surface area (Å²) in [6, 6.07) is 0.219. The molecule has 0 heterocycles. The van der Waals surface area contributed by atoms with Gasteiger partial charge in [0.2, 0.25) is 5.91 Å². The largest absolute Gasteiger partial charge is 0.354 e. The Kier molecular flexibility index (Phi) is 6.96. The van der Waals surface area contributed by atoms with E-state index in [0.717, 1.165) is 12.5 Å². The number of nitrogens with zero attached hydrogens (tertiary/aromatic N) is 1. The number of carbonyl (C=O) groups is 1. The van der Waals surface area contributed by atoms with E-state index in [1.807, 2.05) is 13.8 Å². The zero-order chi connectivity index (χ0) is 15.2. The first-order chi connectivity index (χ1) is 9.43. The minimum atomic E-state index is 0.115. The van der Waals surface area contributed by atoms with Gasteiger partial charge in [-0.2, -0.15) is 0 Å². The lowest BCUT2D eigenvalue weighted by Crippen LogP contribution is -2.54. The van der Waals surface area contributed by atoms with Crippen LogP contribution in [0.1, 0.15) is 59.3 Å². The smallest absolute Gasteiger partial charge is 0.221 e. The zero-order valence-corrected chi connectivity index (χ0v) is 13.7. The number of nitrogens with one attached hydrogen (secondary N) is 1. The van der Waals surface area contributed by atoms with E-state index in [4.69, 9.17) is 5.73 Å². The normalized spacial score (nSPS) is 27.1. The number of carbonyl (C=O) groups excluding carboxylic acids is 1. The van der Waals surface area contributed by atoms with Gasteiger partial charge < -0.3 is 11.1 Å². The van der Waals surface area contributed by atoms with E-state index in [2.05, 4.69) is 24.2 Å². The van der Waals surface area contributed by atoms with Gasteiger partial charge in [0.15, 0.2) is 0 Å². The molecule has 0 atom stereocenters. The van der Waals surface area contributed by atoms with E-state index in [0.29, 0.717) is 13.0 Å². The van der Waals surface area contributed by atoms with E-state index in [9.17, 15) is 4.79 Å². The molecular formula is C16H33N3O. The Hall–Kier alpha value is -0.610. The molecule has 4 heteroatoms. The van der Waals surface area contributed by atoms with Gasteiger partial charge in [0, 0.05) is 31.1 Å². The van der Waals surface area contributed by atoms with Crippen molar-refractivity contribution in [3.05, 3.63) is 0 Å². The van der Waals surface area contributed by atoms with Crippen LogP contribution in [0, 0.1) is 5.92 Å². The third kappa shape index (κ3) is 4.74. The predicted molar refractivity (Wildman–Crippen MR) is 84.6 cm³/mol. The van der Waals surface area contributed by atoms with Crippen LogP contribution in [0.3, 0.4) is 0 Å². The quantitative estimate of drug-likeness (QED) is 0.752. The van der Waals surface area contributed by atoms with Crippen LogP contribution in [0.2, 0.25) is 0 Å². The van der Waals surface area contributed by atoms with Gasteiger partial charge in [0.1, 0.15) is 0 Å². The molecule has 4 nitrogen and oxygen atoms in total. The van der Waals surface area contributed by atoms with Crippen molar-refractivity contribution in [3.63, 3.8) is 0 Å². The maximum Gasteiger partial charge on any atom is 0.221 e. The Labute approximate surface area is 124 Å². The second-order valence-corrected chi connectivity index (χ2v) is 6.67. The second kappa shape index (κ2) is 7.99. The van der Waals surface area contributed by atoms with Crippen molar-refractivity contribution in [1.82, 2.24) is 10.2 Å². The summed E-state index contributed by atoms with van der Waals surface area (Å²) in [5, 5.41) is 2.95. The zero-order valence-electron chi connectivity index (χ0n) is 13.7. The lowest BCUT2D eigenvalue weighted by molar-refractivity contribution is -0.122. The Bertz CT molecular complexity index is 296. The molecule has 1 aliphatic carbocycles. The topological polar surface area (TPSA) is 58.4 Å². The van der Waals surface area contributed by atoms with E-state index in [1.54, 1.807) is 0 Å². The summed E-state index contributed by atoms with van der Waals surface area (Å²) in [5.41, 5.74) is 6.19. The summed E-state index contributed by atoms with van der Waals surface area (Å²) < 4.78 is 0. The first-order valence-corrected chi connectivity index (χ1v) is 8.14. The molecule has 1 amide bonds. The summed E-state index contributed by atoms with van der Waals surface area (Å²) >= 11 is 0. The molecule has 0 spiro atoms. The van der Waals surface area contributed by atoms with Gasteiger partial charge in [0.25, 0.3) is 0 Å². The number of nitrogens with two attached hydrogens (primary N) is 1. The lowest BCUT2D eigenvalue weighted by Gasteiger charge is -2.46. The maximum atomic E-state index is 11.8. The minimum absolute atomic E-state index is 0.115. The van der Waals surface area contributed by atoms with Crippen LogP contribution in [-0.2, 0) is 4.79 Å². The van der Waals surface area contributed by atoms with Gasteiger partial charge >= 0.3 is 0 Å². The van der Waals surface area contributed by atoms with Crippen LogP contribution in [0.25, 0.3) is 0 Å². The molecule has 1 rings (SSSR count). The number of hydrogen-bond acceptors (Lipinski definition) is 3. The van der Waals surface area contributed by atoms with Crippen LogP contribution < -0.4 is 11.1 Å². The molecule has 0 aromatic rings. The van der Waals surface area contributed by atoms with E-state index in [-0.39, 0.29) is 17.5 Å². The fourth-order valence-electron chi connectivity index (χ4n) is 3.27. The summed E-state index contributed by atoms with van der Waals surface area (Å²) in [4.78, 5) is 14.1. The highest BCUT2D eigenvalue weighted by Gasteiger charge is 2.37. The van der Waals surface area contributed by atoms with Crippen molar-refractivity contribution in [3.8, 4) is 0 Å². The summed E-state index contributed by atoms with van der Waals surface area (Å²) in [5.74, 6) is 1.01. The van der Waals surface area contributed by atoms with Crippen molar-refractivity contribution in [2.45, 2.75) is 70.9 Å². The highest BCUT2D eigenvalue weighted by molar-refractivity contribution is 5.76. The Balaban J connectivity index is 2.47. The molecule has 0 aromatic heterocycles. The molecule has 20 heavy (non-hydrogen) atoms. The number of hydrogen-bond donors (Lipinski definition) is 2. The third-order valence-corrected chi connectivity index (χ3v) is 4.93. The maximum absolute atomic E-state index is 11.8. The molecule has 3 N–H and O–H groups in total. The standard InChI is InChI=1S/C16H33N3O/c1-5-14-6-9-16(12-17,10-7-14)19(4)11-8-15(20)18-13(2)3/h13-14H,5-12,17H2,1-4H3,(H,18,20). The third-order valence-electron chi connectivity index (χ3n) is 4.93. The van der Waals surface area contributed by atoms with E-state index in [1.165, 1.54) is 32.1 Å². The van der Waals surface area contributed by atoms with Gasteiger partial charge in [-0.25, -0.2) is 0 Å². The molecule has 0 aliphatic heterocycles. The summed E-state index contributed by atoms with van der Waals surface area (Å²) in [6.07, 6.45) is 6.73. The Morgan fingerprint density at radius 3 is 2.45 bits per heavy atom. The molecule has 0 bridgehead atoms. The van der Waals surface area contributed by atoms with Gasteiger partial charge in [-0.1, -0.05) is 13.3 Å². The highest BCUT2D eigenvalue weighted by atomic mass is 16.1. The Morgan fingerprint density at radius 1 is 1.40 bits per heavy atom. The molecular weight excluding hydrogens is 250 g/mol. The van der Waals surface area contributed by atoms with Gasteiger partial charge in [0.05, 0.1) is 0 Å². The van der Waals surface area contributed by atoms with Crippen molar-refractivity contribution in [2.24, 2.45) is 11.7 Å². The van der Waals surface area contributed by atoms with Crippen LogP contribution in [-0.4, -0.2) is 42.5 Å². The van der Waals surface area contributed by atoms with Crippen molar-refractivity contribution >= 4 is 5.91 Å². The molecule has 0 saturated heterocycles. The molecule has 0 aromatic carbocycles. The van der Waals surface area contributed by atoms with Gasteiger partial charge in [-0.05, 0) is 52.5 Å². The first-order valence-electron chi connectivity index (χ1n) is 8.14. The van der Waals surface area contributed by atoms with Gasteiger partial charge in [-0.3, -0.25) is 9.69 Å². The summed E-state index contributed by atoms with van der Waals surface area (Å²) in [7, 11) is 2.13. The monoisotopic (exact) mass is 283 g/mol. The SMILES string of the molecule is CCC1CCC(CN)(N(C)CCC(=O)NC(C)C)CC1. The molecule has 118 valence electrons. The fourth-order valence-corrected chi connectivity index (χ4v) is 3.27. The van der Waals surface area contributed by atoms with Crippen LogP contribution >= 0.6 is 0 Å². The van der Waals surface area contributed by atoms with Crippen molar-refractivity contribution < 1.29 is 4.79 Å². The fraction of sp³-hybridized carbons (Fsp3) is 0.938. The number of likely N-dealkylation sites (N-methyl/N-ethyl adjacent to an activating group) is 1. The second-order valence-electron chi connectivity index (χ2n) is 6.67. The molecule has 1 saturated carbocycles. The minimum Gasteiger partial charge on any atom is -0.354 e. The van der Waals surface area contributed by atoms with Crippen LogP contribution in [0.15, 0.2) is 0 Å². The van der Waals surface area contributed by atoms with Crippen LogP contribution in [0.4, 0.5) is 0 Å². The van der Waals surface area contributed by atoms with E-state index >= 15 is 0 Å². The van der Waals surface area contributed by atoms with Gasteiger partial charge in [-0.15, -0.1) is 0 Å². The van der Waals surface area contributed by atoms with E-state index < -0.39 is 0 Å². The van der Waals surface area contributed by atoms with Crippen molar-refractivity contribution in [2.75, 3.05) is 20.1 Å². The molecule has 0 unspecified atom stereocenters. The highest BCUT2D eigenvalue weighted by Crippen LogP contribution is 2.36. The number of amides is 1. The average molecular weight is 283 g/mol. The Morgan fingerprint density at radius 2 is 2.00 bits per heavy atom. The van der Waals surface area contributed by atoms with Crippen LogP contribution in [0.5, 0.6) is 0 Å². The predicted octanol–water partition coefficient (Wildman–Crippen LogP) is 2.13. The first kappa shape index (κ1) is 17.4. The lowest BCUT2D eigenvalue weighted by atomic mass is 9.74.